The fourth-order valence-corrected chi connectivity index (χ4v) is 8.55. The molecule has 1 fully saturated rings. The van der Waals surface area contributed by atoms with Crippen LogP contribution in [-0.2, 0) is 57.6 Å². The highest BCUT2D eigenvalue weighted by molar-refractivity contribution is 5.96. The van der Waals surface area contributed by atoms with Crippen LogP contribution in [0.5, 0.6) is 0 Å². The number of aliphatic imine (C=N–C) groups is 2. The number of nitrogens with two attached hydrogens (primary N) is 6. The van der Waals surface area contributed by atoms with E-state index in [9.17, 15) is 43.5 Å². The van der Waals surface area contributed by atoms with Crippen LogP contribution in [-0.4, -0.2) is 164 Å². The molecule has 0 radical (unpaired) electrons. The fraction of sp³-hybridized carbons (Fsp3) is 0.551. The Labute approximate surface area is 446 Å². The molecular weight excluding hydrogens is 999 g/mol. The van der Waals surface area contributed by atoms with Crippen molar-refractivity contribution in [3.63, 3.8) is 0 Å². The summed E-state index contributed by atoms with van der Waals surface area (Å²) >= 11 is 0. The Morgan fingerprint density at radius 3 is 1.90 bits per heavy atom. The normalized spacial score (nSPS) is 15.8. The minimum absolute atomic E-state index is 0.0234. The van der Waals surface area contributed by atoms with E-state index in [4.69, 9.17) is 34.4 Å². The average molecular weight is 1080 g/mol. The number of nitrogens with one attached hydrogen (secondary N) is 8. The van der Waals surface area contributed by atoms with Gasteiger partial charge in [-0.05, 0) is 56.4 Å². The third-order valence-corrected chi connectivity index (χ3v) is 12.5. The van der Waals surface area contributed by atoms with E-state index in [-0.39, 0.29) is 102 Å². The van der Waals surface area contributed by atoms with Crippen molar-refractivity contribution < 1.29 is 43.5 Å². The van der Waals surface area contributed by atoms with Gasteiger partial charge in [0.15, 0.2) is 11.9 Å². The molecule has 28 heteroatoms. The third-order valence-electron chi connectivity index (χ3n) is 12.5. The quantitative estimate of drug-likeness (QED) is 0.0156. The number of nitrogens with zero attached hydrogens (tertiary/aromatic N) is 5. The first-order valence-electron chi connectivity index (χ1n) is 25.6. The van der Waals surface area contributed by atoms with E-state index >= 15 is 0 Å². The predicted molar refractivity (Wildman–Crippen MR) is 284 cm³/mol. The number of carbonyl (C=O) groups is 8. The van der Waals surface area contributed by atoms with Gasteiger partial charge in [-0.15, -0.1) is 0 Å². The summed E-state index contributed by atoms with van der Waals surface area (Å²) in [5.74, 6) is -5.54. The largest absolute Gasteiger partial charge is 0.390 e. The van der Waals surface area contributed by atoms with Gasteiger partial charge in [0.25, 0.3) is 0 Å². The van der Waals surface area contributed by atoms with Crippen molar-refractivity contribution in [2.45, 2.75) is 139 Å². The van der Waals surface area contributed by atoms with Crippen molar-refractivity contribution in [2.24, 2.45) is 50.3 Å². The van der Waals surface area contributed by atoms with Gasteiger partial charge in [0.1, 0.15) is 30.2 Å². The summed E-state index contributed by atoms with van der Waals surface area (Å²) in [6, 6.07) is 1.05. The lowest BCUT2D eigenvalue weighted by atomic mass is 9.96. The van der Waals surface area contributed by atoms with Gasteiger partial charge in [-0.25, -0.2) is 9.97 Å². The summed E-state index contributed by atoms with van der Waals surface area (Å²) in [5.41, 5.74) is 35.2. The Kier molecular flexibility index (Phi) is 25.3. The van der Waals surface area contributed by atoms with Crippen molar-refractivity contribution in [1.29, 1.82) is 0 Å². The van der Waals surface area contributed by atoms with E-state index in [1.807, 2.05) is 13.8 Å². The van der Waals surface area contributed by atoms with Crippen LogP contribution in [0.25, 0.3) is 0 Å². The lowest BCUT2D eigenvalue weighted by Crippen LogP contribution is -2.60. The summed E-state index contributed by atoms with van der Waals surface area (Å²) in [6.07, 6.45) is 5.53. The molecule has 0 unspecified atom stereocenters. The highest BCUT2D eigenvalue weighted by Crippen LogP contribution is 2.21. The van der Waals surface area contributed by atoms with Gasteiger partial charge in [0.05, 0.1) is 37.3 Å². The first-order chi connectivity index (χ1) is 36.7. The molecule has 3 heterocycles. The number of amides is 8. The molecule has 422 valence electrons. The molecule has 1 aliphatic heterocycles. The summed E-state index contributed by atoms with van der Waals surface area (Å²) < 4.78 is 0. The van der Waals surface area contributed by atoms with E-state index in [1.54, 1.807) is 30.3 Å². The van der Waals surface area contributed by atoms with Gasteiger partial charge in [-0.1, -0.05) is 44.2 Å². The second-order valence-corrected chi connectivity index (χ2v) is 19.3. The van der Waals surface area contributed by atoms with Crippen molar-refractivity contribution in [2.75, 3.05) is 26.2 Å². The standard InChI is InChI=1S/C49H77N19O9/c1-28(2)19-34(39(69)23-41(71)58-17-14-40(70)63-35(42(51)72)21-30-24-56-26-61-30)65-45(75)37(22-31-25-57-27-62-31)66-44(74)36(20-29-9-4-3-5-10-29)67-46(76)38-13-8-18-68(38)47(77)33(12-7-16-60-49(54)55)64-43(73)32(50)11-6-15-59-48(52)53/h3-5,9-10,24-28,32-39,69H,6-8,11-23,50H2,1-2H3,(H2,51,72)(H,56,61)(H,57,62)(H,58,71)(H,63,70)(H,64,73)(H,65,75)(H,66,74)(H,67,76)(H4,52,53,59)(H4,54,55,60)/t32-,33-,34-,35-,36-,37-,38-,39-/m0/s1. The first-order valence-corrected chi connectivity index (χ1v) is 25.6. The number of aliphatic hydroxyl groups is 1. The Balaban J connectivity index is 1.48. The van der Waals surface area contributed by atoms with E-state index in [2.05, 4.69) is 61.8 Å². The van der Waals surface area contributed by atoms with Gasteiger partial charge in [0.2, 0.25) is 47.3 Å². The molecule has 2 aromatic heterocycles. The Morgan fingerprint density at radius 1 is 0.727 bits per heavy atom. The molecule has 0 bridgehead atoms. The molecule has 0 spiro atoms. The van der Waals surface area contributed by atoms with Crippen LogP contribution in [0.4, 0.5) is 0 Å². The molecule has 8 atom stereocenters. The van der Waals surface area contributed by atoms with Gasteiger partial charge in [-0.2, -0.15) is 0 Å². The van der Waals surface area contributed by atoms with Crippen LogP contribution in [0.15, 0.2) is 65.4 Å². The van der Waals surface area contributed by atoms with Crippen LogP contribution in [0.3, 0.4) is 0 Å². The monoisotopic (exact) mass is 1080 g/mol. The number of benzene rings is 1. The molecule has 77 heavy (non-hydrogen) atoms. The van der Waals surface area contributed by atoms with Crippen LogP contribution in [0, 0.1) is 5.92 Å². The maximum Gasteiger partial charge on any atom is 0.245 e. The molecule has 1 aliphatic rings. The second kappa shape index (κ2) is 31.7. The van der Waals surface area contributed by atoms with E-state index < -0.39 is 102 Å². The van der Waals surface area contributed by atoms with Gasteiger partial charge in [-0.3, -0.25) is 48.3 Å². The number of primary amides is 1. The molecule has 8 amide bonds. The summed E-state index contributed by atoms with van der Waals surface area (Å²) in [7, 11) is 0. The Hall–Kier alpha value is -8.14. The Bertz CT molecular complexity index is 2430. The number of imidazole rings is 2. The first kappa shape index (κ1) is 61.4. The smallest absolute Gasteiger partial charge is 0.245 e. The van der Waals surface area contributed by atoms with Crippen LogP contribution in [0.2, 0.25) is 0 Å². The molecule has 0 saturated carbocycles. The molecule has 1 saturated heterocycles. The molecular formula is C49H77N19O9. The van der Waals surface area contributed by atoms with Crippen LogP contribution < -0.4 is 66.3 Å². The zero-order valence-electron chi connectivity index (χ0n) is 43.6. The molecule has 0 aliphatic carbocycles. The molecule has 3 aromatic rings. The molecule has 1 aromatic carbocycles. The number of likely N-dealkylation sites (tertiary alicyclic amines) is 1. The maximum absolute atomic E-state index is 14.5. The number of hydrogen-bond acceptors (Lipinski definition) is 14. The summed E-state index contributed by atoms with van der Waals surface area (Å²) in [6.45, 7) is 4.14. The lowest BCUT2D eigenvalue weighted by molar-refractivity contribution is -0.142. The molecule has 21 N–H and O–H groups in total. The minimum atomic E-state index is -1.42. The predicted octanol–water partition coefficient (Wildman–Crippen LogP) is -4.20. The van der Waals surface area contributed by atoms with Gasteiger partial charge in [0, 0.05) is 75.6 Å². The lowest BCUT2D eigenvalue weighted by Gasteiger charge is -2.31. The van der Waals surface area contributed by atoms with Crippen LogP contribution in [0.1, 0.15) is 88.6 Å². The van der Waals surface area contributed by atoms with E-state index in [0.717, 1.165) is 0 Å². The van der Waals surface area contributed by atoms with E-state index in [0.29, 0.717) is 29.8 Å². The maximum atomic E-state index is 14.5. The second-order valence-electron chi connectivity index (χ2n) is 19.3. The summed E-state index contributed by atoms with van der Waals surface area (Å²) in [5, 5.41) is 27.7. The average Bonchev–Trinajstić information content (AvgIpc) is 4.21. The SMILES string of the molecule is CC(C)C[C@H](NC(=O)[C@H](Cc1cnc[nH]1)NC(=O)[C@H](Cc1ccccc1)NC(=O)[C@@H]1CCCN1C(=O)[C@H](CCCN=C(N)N)NC(=O)[C@@H](N)CCCN=C(N)N)[C@@H](O)CC(=O)NCCC(=O)N[C@@H](Cc1cnc[nH]1)C(N)=O. The number of aromatic nitrogens is 4. The molecule has 28 nitrogen and oxygen atoms in total. The minimum Gasteiger partial charge on any atom is -0.390 e. The zero-order valence-corrected chi connectivity index (χ0v) is 43.6. The highest BCUT2D eigenvalue weighted by atomic mass is 16.3. The Morgan fingerprint density at radius 2 is 1.31 bits per heavy atom. The third kappa shape index (κ3) is 21.9. The van der Waals surface area contributed by atoms with E-state index in [1.165, 1.54) is 29.9 Å². The van der Waals surface area contributed by atoms with Gasteiger partial charge >= 0.3 is 0 Å². The highest BCUT2D eigenvalue weighted by Gasteiger charge is 2.40. The topological polar surface area (TPSA) is 470 Å². The zero-order chi connectivity index (χ0) is 56.4. The fourth-order valence-electron chi connectivity index (χ4n) is 8.55. The van der Waals surface area contributed by atoms with Crippen molar-refractivity contribution >= 4 is 59.2 Å². The number of aliphatic hydroxyl groups excluding tert-OH is 1. The van der Waals surface area contributed by atoms with Gasteiger partial charge < -0.3 is 86.3 Å². The number of rotatable bonds is 33. The number of H-pyrrole nitrogens is 2. The van der Waals surface area contributed by atoms with Crippen molar-refractivity contribution in [3.8, 4) is 0 Å². The van der Waals surface area contributed by atoms with Crippen LogP contribution >= 0.6 is 0 Å². The van der Waals surface area contributed by atoms with Crippen molar-refractivity contribution in [1.82, 2.24) is 56.7 Å². The molecule has 4 rings (SSSR count). The number of aromatic amines is 2. The summed E-state index contributed by atoms with van der Waals surface area (Å²) in [4.78, 5) is 132. The number of guanidine groups is 2. The number of carbonyl (C=O) groups excluding carboxylic acids is 8. The number of hydrogen-bond donors (Lipinski definition) is 15. The van der Waals surface area contributed by atoms with Crippen molar-refractivity contribution in [3.05, 3.63) is 72.3 Å².